The van der Waals surface area contributed by atoms with Gasteiger partial charge in [0.25, 0.3) is 0 Å². The van der Waals surface area contributed by atoms with Crippen molar-refractivity contribution in [3.8, 4) is 5.69 Å². The maximum Gasteiger partial charge on any atom is 0.227 e. The summed E-state index contributed by atoms with van der Waals surface area (Å²) in [6.07, 6.45) is 5.33. The first-order chi connectivity index (χ1) is 12.4. The van der Waals surface area contributed by atoms with Crippen LogP contribution in [0, 0.1) is 26.7 Å². The molecule has 0 aliphatic heterocycles. The van der Waals surface area contributed by atoms with Crippen molar-refractivity contribution < 1.29 is 4.79 Å². The van der Waals surface area contributed by atoms with Crippen LogP contribution < -0.4 is 0 Å². The molecule has 5 heteroatoms. The summed E-state index contributed by atoms with van der Waals surface area (Å²) < 4.78 is 1.91. The Bertz CT molecular complexity index is 849. The predicted octanol–water partition coefficient (Wildman–Crippen LogP) is 4.39. The molecule has 2 aromatic rings. The lowest BCUT2D eigenvalue weighted by molar-refractivity contribution is -0.131. The van der Waals surface area contributed by atoms with E-state index in [-0.39, 0.29) is 5.91 Å². The molecule has 26 heavy (non-hydrogen) atoms. The van der Waals surface area contributed by atoms with E-state index in [1.807, 2.05) is 43.7 Å². The number of benzene rings is 1. The summed E-state index contributed by atoms with van der Waals surface area (Å²) in [5.41, 5.74) is 4.99. The summed E-state index contributed by atoms with van der Waals surface area (Å²) in [5, 5.41) is 5.42. The highest BCUT2D eigenvalue weighted by molar-refractivity contribution is 6.31. The maximum absolute atomic E-state index is 13.0. The second kappa shape index (κ2) is 6.73. The Hall–Kier alpha value is -1.81. The number of carbonyl (C=O) groups is 1. The minimum absolute atomic E-state index is 0.257. The van der Waals surface area contributed by atoms with Crippen LogP contribution >= 0.6 is 11.6 Å². The van der Waals surface area contributed by atoms with Crippen molar-refractivity contribution in [3.63, 3.8) is 0 Å². The summed E-state index contributed by atoms with van der Waals surface area (Å²) in [6.45, 7) is 6.97. The molecule has 2 aliphatic rings. The Morgan fingerprint density at radius 2 is 1.96 bits per heavy atom. The fourth-order valence-corrected chi connectivity index (χ4v) is 3.74. The van der Waals surface area contributed by atoms with Gasteiger partial charge in [0.2, 0.25) is 5.91 Å². The molecule has 0 spiro atoms. The van der Waals surface area contributed by atoms with Gasteiger partial charge in [-0.3, -0.25) is 4.79 Å². The minimum Gasteiger partial charge on any atom is -0.339 e. The van der Waals surface area contributed by atoms with Gasteiger partial charge in [-0.25, -0.2) is 4.68 Å². The Kier molecular flexibility index (Phi) is 4.55. The standard InChI is InChI=1S/C21H26ClN3O/c1-13-4-7-18(10-20(13)22)25-15(3)19(14(2)23-25)11-21(26)24(17-8-9-17)12-16-5-6-16/h4,7,10,16-17H,5-6,8-9,11-12H2,1-3H3. The van der Waals surface area contributed by atoms with E-state index in [1.165, 1.54) is 12.8 Å². The molecule has 1 heterocycles. The smallest absolute Gasteiger partial charge is 0.227 e. The monoisotopic (exact) mass is 371 g/mol. The lowest BCUT2D eigenvalue weighted by Crippen LogP contribution is -2.36. The molecule has 1 aromatic carbocycles. The van der Waals surface area contributed by atoms with Crippen molar-refractivity contribution in [2.75, 3.05) is 6.54 Å². The van der Waals surface area contributed by atoms with E-state index >= 15 is 0 Å². The summed E-state index contributed by atoms with van der Waals surface area (Å²) in [4.78, 5) is 15.1. The van der Waals surface area contributed by atoms with Gasteiger partial charge in [-0.1, -0.05) is 17.7 Å². The number of hydrogen-bond donors (Lipinski definition) is 0. The number of aromatic nitrogens is 2. The summed E-state index contributed by atoms with van der Waals surface area (Å²) in [6, 6.07) is 6.44. The van der Waals surface area contributed by atoms with E-state index in [1.54, 1.807) is 0 Å². The molecule has 138 valence electrons. The van der Waals surface area contributed by atoms with Crippen molar-refractivity contribution in [1.29, 1.82) is 0 Å². The lowest BCUT2D eigenvalue weighted by Gasteiger charge is -2.22. The predicted molar refractivity (Wildman–Crippen MR) is 104 cm³/mol. The highest BCUT2D eigenvalue weighted by Gasteiger charge is 2.36. The third kappa shape index (κ3) is 3.52. The third-order valence-corrected chi connectivity index (χ3v) is 6.04. The number of nitrogens with zero attached hydrogens (tertiary/aromatic N) is 3. The van der Waals surface area contributed by atoms with Crippen molar-refractivity contribution >= 4 is 17.5 Å². The van der Waals surface area contributed by atoms with Crippen LogP contribution in [0.4, 0.5) is 0 Å². The Morgan fingerprint density at radius 3 is 2.58 bits per heavy atom. The number of rotatable bonds is 6. The van der Waals surface area contributed by atoms with Crippen molar-refractivity contribution in [2.45, 2.75) is 58.9 Å². The quantitative estimate of drug-likeness (QED) is 0.755. The average molecular weight is 372 g/mol. The van der Waals surface area contributed by atoms with Gasteiger partial charge in [-0.15, -0.1) is 0 Å². The largest absolute Gasteiger partial charge is 0.339 e. The molecule has 0 atom stereocenters. The van der Waals surface area contributed by atoms with Crippen LogP contribution in [0.2, 0.25) is 5.02 Å². The van der Waals surface area contributed by atoms with Crippen LogP contribution in [0.3, 0.4) is 0 Å². The summed E-state index contributed by atoms with van der Waals surface area (Å²) in [5.74, 6) is 0.992. The Labute approximate surface area is 160 Å². The fourth-order valence-electron chi connectivity index (χ4n) is 3.57. The van der Waals surface area contributed by atoms with Gasteiger partial charge in [0, 0.05) is 28.9 Å². The van der Waals surface area contributed by atoms with E-state index in [9.17, 15) is 4.79 Å². The fraction of sp³-hybridized carbons (Fsp3) is 0.524. The number of hydrogen-bond acceptors (Lipinski definition) is 2. The molecular formula is C21H26ClN3O. The van der Waals surface area contributed by atoms with Crippen LogP contribution in [0.5, 0.6) is 0 Å². The van der Waals surface area contributed by atoms with Gasteiger partial charge in [-0.2, -0.15) is 5.10 Å². The van der Waals surface area contributed by atoms with Gasteiger partial charge in [0.15, 0.2) is 0 Å². The molecule has 1 aromatic heterocycles. The molecule has 4 rings (SSSR count). The number of halogens is 1. The van der Waals surface area contributed by atoms with Crippen LogP contribution in [-0.2, 0) is 11.2 Å². The van der Waals surface area contributed by atoms with E-state index < -0.39 is 0 Å². The zero-order valence-corrected chi connectivity index (χ0v) is 16.5. The molecular weight excluding hydrogens is 346 g/mol. The van der Waals surface area contributed by atoms with E-state index in [0.29, 0.717) is 12.5 Å². The normalized spacial score (nSPS) is 16.8. The zero-order valence-electron chi connectivity index (χ0n) is 15.8. The van der Waals surface area contributed by atoms with Crippen LogP contribution in [-0.4, -0.2) is 33.2 Å². The molecule has 0 N–H and O–H groups in total. The molecule has 0 radical (unpaired) electrons. The van der Waals surface area contributed by atoms with E-state index in [4.69, 9.17) is 11.6 Å². The van der Waals surface area contributed by atoms with E-state index in [2.05, 4.69) is 10.00 Å². The van der Waals surface area contributed by atoms with Crippen LogP contribution in [0.15, 0.2) is 18.2 Å². The zero-order chi connectivity index (χ0) is 18.4. The second-order valence-corrected chi connectivity index (χ2v) is 8.30. The Morgan fingerprint density at radius 1 is 1.23 bits per heavy atom. The van der Waals surface area contributed by atoms with Crippen LogP contribution in [0.25, 0.3) is 5.69 Å². The first kappa shape index (κ1) is 17.6. The Balaban J connectivity index is 1.57. The molecule has 2 fully saturated rings. The van der Waals surface area contributed by atoms with Gasteiger partial charge in [0.05, 0.1) is 17.8 Å². The van der Waals surface area contributed by atoms with Crippen molar-refractivity contribution in [1.82, 2.24) is 14.7 Å². The molecule has 0 bridgehead atoms. The highest BCUT2D eigenvalue weighted by atomic mass is 35.5. The molecule has 1 amide bonds. The second-order valence-electron chi connectivity index (χ2n) is 7.89. The summed E-state index contributed by atoms with van der Waals surface area (Å²) >= 11 is 6.28. The van der Waals surface area contributed by atoms with Crippen molar-refractivity contribution in [2.24, 2.45) is 5.92 Å². The average Bonchev–Trinajstić information content (AvgIpc) is 3.51. The van der Waals surface area contributed by atoms with Gasteiger partial charge >= 0.3 is 0 Å². The number of carbonyl (C=O) groups excluding carboxylic acids is 1. The first-order valence-electron chi connectivity index (χ1n) is 9.55. The SMILES string of the molecule is Cc1ccc(-n2nc(C)c(CC(=O)N(CC3CC3)C3CC3)c2C)cc1Cl. The maximum atomic E-state index is 13.0. The number of amides is 1. The number of aryl methyl sites for hydroxylation is 2. The van der Waals surface area contributed by atoms with Crippen LogP contribution in [0.1, 0.15) is 48.2 Å². The van der Waals surface area contributed by atoms with E-state index in [0.717, 1.165) is 58.5 Å². The summed E-state index contributed by atoms with van der Waals surface area (Å²) in [7, 11) is 0. The molecule has 2 aliphatic carbocycles. The molecule has 0 unspecified atom stereocenters. The lowest BCUT2D eigenvalue weighted by atomic mass is 10.1. The highest BCUT2D eigenvalue weighted by Crippen LogP contribution is 2.35. The molecule has 4 nitrogen and oxygen atoms in total. The topological polar surface area (TPSA) is 38.1 Å². The third-order valence-electron chi connectivity index (χ3n) is 5.63. The first-order valence-corrected chi connectivity index (χ1v) is 9.93. The van der Waals surface area contributed by atoms with Gasteiger partial charge in [-0.05, 0) is 70.1 Å². The van der Waals surface area contributed by atoms with Crippen molar-refractivity contribution in [3.05, 3.63) is 45.7 Å². The molecule has 0 saturated heterocycles. The van der Waals surface area contributed by atoms with Gasteiger partial charge in [0.1, 0.15) is 0 Å². The van der Waals surface area contributed by atoms with Gasteiger partial charge < -0.3 is 4.90 Å². The molecule has 2 saturated carbocycles. The minimum atomic E-state index is 0.257.